The number of ether oxygens (including phenoxy) is 1. The maximum absolute atomic E-state index is 11.5. The Bertz CT molecular complexity index is 455. The molecular weight excluding hydrogens is 334 g/mol. The van der Waals surface area contributed by atoms with Crippen LogP contribution in [-0.2, 0) is 14.3 Å². The summed E-state index contributed by atoms with van der Waals surface area (Å²) in [7, 11) is 0. The smallest absolute Gasteiger partial charge is 0.332 e. The maximum Gasteiger partial charge on any atom is 0.332 e. The molecule has 26 heavy (non-hydrogen) atoms. The highest BCUT2D eigenvalue weighted by atomic mass is 16.5. The van der Waals surface area contributed by atoms with Gasteiger partial charge in [0, 0.05) is 24.2 Å². The Morgan fingerprint density at radius 3 is 1.81 bits per heavy atom. The fourth-order valence-electron chi connectivity index (χ4n) is 3.32. The Morgan fingerprint density at radius 2 is 1.31 bits per heavy atom. The zero-order valence-corrected chi connectivity index (χ0v) is 16.2. The van der Waals surface area contributed by atoms with Crippen LogP contribution in [0.15, 0.2) is 11.1 Å². The van der Waals surface area contributed by atoms with E-state index in [4.69, 9.17) is 4.74 Å². The first-order chi connectivity index (χ1) is 12.6. The first kappa shape index (κ1) is 22.6. The van der Waals surface area contributed by atoms with Crippen molar-refractivity contribution in [3.8, 4) is 0 Å². The molecule has 0 aromatic rings. The minimum Gasteiger partial charge on any atom is -0.478 e. The standard InChI is InChI=1S/C20H35NO5/c1-2-3-4-7-10-17(19(22)23)18(20(24)25)11-8-5-6-9-12-21-13-15-26-16-14-21/h2-16H2,1H3,(H,22,23)(H,24,25)/b18-17+. The van der Waals surface area contributed by atoms with Gasteiger partial charge >= 0.3 is 11.9 Å². The van der Waals surface area contributed by atoms with Crippen LogP contribution in [0.5, 0.6) is 0 Å². The second-order valence-electron chi connectivity index (χ2n) is 7.00. The van der Waals surface area contributed by atoms with Crippen molar-refractivity contribution in [2.45, 2.75) is 71.1 Å². The molecule has 1 rings (SSSR count). The predicted molar refractivity (Wildman–Crippen MR) is 101 cm³/mol. The van der Waals surface area contributed by atoms with E-state index in [-0.39, 0.29) is 11.1 Å². The van der Waals surface area contributed by atoms with E-state index in [1.54, 1.807) is 0 Å². The third-order valence-electron chi connectivity index (χ3n) is 4.92. The molecule has 150 valence electrons. The molecule has 0 saturated carbocycles. The molecule has 0 unspecified atom stereocenters. The molecule has 1 fully saturated rings. The fourth-order valence-corrected chi connectivity index (χ4v) is 3.32. The largest absolute Gasteiger partial charge is 0.478 e. The quantitative estimate of drug-likeness (QED) is 0.358. The van der Waals surface area contributed by atoms with Crippen LogP contribution in [0.2, 0.25) is 0 Å². The van der Waals surface area contributed by atoms with Crippen LogP contribution < -0.4 is 0 Å². The lowest BCUT2D eigenvalue weighted by Crippen LogP contribution is -2.36. The van der Waals surface area contributed by atoms with Gasteiger partial charge in [-0.05, 0) is 38.6 Å². The van der Waals surface area contributed by atoms with E-state index in [0.29, 0.717) is 12.8 Å². The summed E-state index contributed by atoms with van der Waals surface area (Å²) in [6.45, 7) is 6.75. The average Bonchev–Trinajstić information content (AvgIpc) is 2.62. The highest BCUT2D eigenvalue weighted by Crippen LogP contribution is 2.20. The second-order valence-corrected chi connectivity index (χ2v) is 7.00. The van der Waals surface area contributed by atoms with Crippen LogP contribution in [0.25, 0.3) is 0 Å². The summed E-state index contributed by atoms with van der Waals surface area (Å²) in [5, 5.41) is 18.8. The SMILES string of the molecule is CCCCCC/C(C(=O)O)=C(/CCCCCCN1CCOCC1)C(=O)O. The fraction of sp³-hybridized carbons (Fsp3) is 0.800. The molecule has 6 nitrogen and oxygen atoms in total. The molecule has 0 aliphatic carbocycles. The van der Waals surface area contributed by atoms with E-state index in [9.17, 15) is 19.8 Å². The number of carboxylic acids is 2. The zero-order valence-electron chi connectivity index (χ0n) is 16.2. The first-order valence-corrected chi connectivity index (χ1v) is 10.0. The van der Waals surface area contributed by atoms with Crippen LogP contribution in [0, 0.1) is 0 Å². The Labute approximate surface area is 157 Å². The molecule has 1 aliphatic rings. The minimum atomic E-state index is -1.08. The van der Waals surface area contributed by atoms with Crippen molar-refractivity contribution < 1.29 is 24.5 Å². The van der Waals surface area contributed by atoms with Gasteiger partial charge in [0.25, 0.3) is 0 Å². The van der Waals surface area contributed by atoms with Crippen molar-refractivity contribution in [3.63, 3.8) is 0 Å². The summed E-state index contributed by atoms with van der Waals surface area (Å²) >= 11 is 0. The molecule has 6 heteroatoms. The third kappa shape index (κ3) is 9.34. The highest BCUT2D eigenvalue weighted by Gasteiger charge is 2.19. The Morgan fingerprint density at radius 1 is 0.808 bits per heavy atom. The van der Waals surface area contributed by atoms with Crippen LogP contribution >= 0.6 is 0 Å². The van der Waals surface area contributed by atoms with Crippen molar-refractivity contribution in [1.82, 2.24) is 4.90 Å². The van der Waals surface area contributed by atoms with Crippen LogP contribution in [0.3, 0.4) is 0 Å². The van der Waals surface area contributed by atoms with E-state index in [1.807, 2.05) is 0 Å². The van der Waals surface area contributed by atoms with Crippen molar-refractivity contribution >= 4 is 11.9 Å². The number of unbranched alkanes of at least 4 members (excludes halogenated alkanes) is 6. The molecule has 1 aliphatic heterocycles. The molecule has 0 atom stereocenters. The molecule has 0 bridgehead atoms. The first-order valence-electron chi connectivity index (χ1n) is 10.0. The number of hydrogen-bond acceptors (Lipinski definition) is 4. The molecule has 0 aromatic carbocycles. The van der Waals surface area contributed by atoms with E-state index in [2.05, 4.69) is 11.8 Å². The summed E-state index contributed by atoms with van der Waals surface area (Å²) in [4.78, 5) is 25.4. The Hall–Kier alpha value is -1.40. The predicted octanol–water partition coefficient (Wildman–Crippen LogP) is 3.71. The summed E-state index contributed by atoms with van der Waals surface area (Å²) < 4.78 is 5.33. The van der Waals surface area contributed by atoms with Gasteiger partial charge in [0.05, 0.1) is 13.2 Å². The van der Waals surface area contributed by atoms with Crippen molar-refractivity contribution in [1.29, 1.82) is 0 Å². The van der Waals surface area contributed by atoms with E-state index in [1.165, 1.54) is 0 Å². The minimum absolute atomic E-state index is 0.0990. The lowest BCUT2D eigenvalue weighted by molar-refractivity contribution is -0.136. The number of nitrogens with zero attached hydrogens (tertiary/aromatic N) is 1. The molecular formula is C20H35NO5. The molecule has 2 N–H and O–H groups in total. The zero-order chi connectivity index (χ0) is 19.2. The van der Waals surface area contributed by atoms with Gasteiger partial charge in [-0.15, -0.1) is 0 Å². The molecule has 0 aromatic heterocycles. The van der Waals surface area contributed by atoms with E-state index < -0.39 is 11.9 Å². The van der Waals surface area contributed by atoms with Crippen LogP contribution in [-0.4, -0.2) is 59.9 Å². The van der Waals surface area contributed by atoms with Crippen molar-refractivity contribution in [2.75, 3.05) is 32.8 Å². The molecule has 1 saturated heterocycles. The second kappa shape index (κ2) is 13.8. The summed E-state index contributed by atoms with van der Waals surface area (Å²) in [6, 6.07) is 0. The van der Waals surface area contributed by atoms with Crippen LogP contribution in [0.4, 0.5) is 0 Å². The third-order valence-corrected chi connectivity index (χ3v) is 4.92. The van der Waals surface area contributed by atoms with Crippen LogP contribution in [0.1, 0.15) is 71.1 Å². The van der Waals surface area contributed by atoms with E-state index in [0.717, 1.165) is 84.2 Å². The summed E-state index contributed by atoms with van der Waals surface area (Å²) in [5.41, 5.74) is 0.198. The number of carbonyl (C=O) groups is 2. The summed E-state index contributed by atoms with van der Waals surface area (Å²) in [5.74, 6) is -2.16. The lowest BCUT2D eigenvalue weighted by atomic mass is 9.96. The van der Waals surface area contributed by atoms with Gasteiger partial charge in [-0.3, -0.25) is 4.90 Å². The van der Waals surface area contributed by atoms with Gasteiger partial charge in [-0.25, -0.2) is 9.59 Å². The topological polar surface area (TPSA) is 87.1 Å². The molecule has 1 heterocycles. The van der Waals surface area contributed by atoms with Gasteiger partial charge in [0.2, 0.25) is 0 Å². The normalized spacial score (nSPS) is 16.3. The van der Waals surface area contributed by atoms with Gasteiger partial charge in [0.15, 0.2) is 0 Å². The van der Waals surface area contributed by atoms with Gasteiger partial charge < -0.3 is 14.9 Å². The Kier molecular flexibility index (Phi) is 12.0. The van der Waals surface area contributed by atoms with Gasteiger partial charge in [-0.2, -0.15) is 0 Å². The number of morpholine rings is 1. The van der Waals surface area contributed by atoms with E-state index >= 15 is 0 Å². The number of rotatable bonds is 14. The van der Waals surface area contributed by atoms with Gasteiger partial charge in [-0.1, -0.05) is 39.0 Å². The number of aliphatic carboxylic acids is 2. The number of hydrogen-bond donors (Lipinski definition) is 2. The number of carboxylic acid groups (broad SMARTS) is 2. The molecule has 0 radical (unpaired) electrons. The summed E-state index contributed by atoms with van der Waals surface area (Å²) in [6.07, 6.45) is 8.32. The van der Waals surface area contributed by atoms with Crippen molar-refractivity contribution in [3.05, 3.63) is 11.1 Å². The highest BCUT2D eigenvalue weighted by molar-refractivity contribution is 5.98. The molecule has 0 amide bonds. The maximum atomic E-state index is 11.5. The van der Waals surface area contributed by atoms with Crippen molar-refractivity contribution in [2.24, 2.45) is 0 Å². The van der Waals surface area contributed by atoms with Gasteiger partial charge in [0.1, 0.15) is 0 Å². The monoisotopic (exact) mass is 369 g/mol. The Balaban J connectivity index is 2.36. The molecule has 0 spiro atoms. The average molecular weight is 370 g/mol. The lowest BCUT2D eigenvalue weighted by Gasteiger charge is -2.26.